The summed E-state index contributed by atoms with van der Waals surface area (Å²) in [6, 6.07) is 0. The molecule has 0 atom stereocenters. The Morgan fingerprint density at radius 2 is 0.923 bits per heavy atom. The summed E-state index contributed by atoms with van der Waals surface area (Å²) in [5.74, 6) is -0.295. The molecule has 2 saturated carbocycles. The van der Waals surface area contributed by atoms with E-state index in [-0.39, 0.29) is 23.8 Å². The van der Waals surface area contributed by atoms with Crippen molar-refractivity contribution < 1.29 is 19.1 Å². The first kappa shape index (κ1) is 21.0. The van der Waals surface area contributed by atoms with Gasteiger partial charge in [0.25, 0.3) is 0 Å². The molecule has 0 aromatic carbocycles. The van der Waals surface area contributed by atoms with Crippen molar-refractivity contribution in [2.24, 2.45) is 11.8 Å². The summed E-state index contributed by atoms with van der Waals surface area (Å²) >= 11 is 0. The maximum atomic E-state index is 12.9. The summed E-state index contributed by atoms with van der Waals surface area (Å²) < 4.78 is 10.8. The lowest BCUT2D eigenvalue weighted by molar-refractivity contribution is -0.143. The Morgan fingerprint density at radius 3 is 1.19 bits per heavy atom. The Morgan fingerprint density at radius 1 is 0.615 bits per heavy atom. The van der Waals surface area contributed by atoms with Crippen LogP contribution in [-0.2, 0) is 19.1 Å². The van der Waals surface area contributed by atoms with Crippen LogP contribution >= 0.6 is 0 Å². The number of carbonyl (C=O) groups excluding carboxylic acids is 2. The maximum absolute atomic E-state index is 12.9. The third-order valence-corrected chi connectivity index (χ3v) is 5.81. The highest BCUT2D eigenvalue weighted by Gasteiger charge is 2.34. The maximum Gasteiger partial charge on any atom is 0.334 e. The second-order valence-corrected chi connectivity index (χ2v) is 7.65. The lowest BCUT2D eigenvalue weighted by Crippen LogP contribution is -2.26. The zero-order valence-electron chi connectivity index (χ0n) is 16.7. The lowest BCUT2D eigenvalue weighted by Gasteiger charge is -2.25. The number of esters is 2. The normalized spacial score (nSPS) is 21.3. The molecule has 0 saturated heterocycles. The van der Waals surface area contributed by atoms with E-state index in [0.717, 1.165) is 51.4 Å². The minimum Gasteiger partial charge on any atom is -0.463 e. The van der Waals surface area contributed by atoms with Gasteiger partial charge in [0, 0.05) is 0 Å². The molecule has 0 spiro atoms. The third kappa shape index (κ3) is 5.85. The van der Waals surface area contributed by atoms with E-state index in [2.05, 4.69) is 0 Å². The minimum atomic E-state index is -0.285. The SMILES string of the molecule is CCOC(=O)/C(=C(\C(=O)OCC)C1CCCCCC1)C1CCCCCC1. The predicted molar refractivity (Wildman–Crippen MR) is 103 cm³/mol. The molecule has 2 rings (SSSR count). The standard InChI is InChI=1S/C22H36O4/c1-3-25-21(23)19(17-13-9-5-6-10-14-17)20(22(24)26-4-2)18-15-11-7-8-12-16-18/h17-18H,3-16H2,1-2H3/b20-19-. The Bertz CT molecular complexity index is 434. The molecule has 4 nitrogen and oxygen atoms in total. The molecule has 2 aliphatic rings. The molecule has 4 heteroatoms. The molecule has 0 unspecified atom stereocenters. The Labute approximate surface area is 158 Å². The van der Waals surface area contributed by atoms with E-state index in [1.165, 1.54) is 25.7 Å². The van der Waals surface area contributed by atoms with Crippen molar-refractivity contribution in [3.8, 4) is 0 Å². The average molecular weight is 365 g/mol. The van der Waals surface area contributed by atoms with E-state index in [1.807, 2.05) is 13.8 Å². The van der Waals surface area contributed by atoms with Gasteiger partial charge in [0.05, 0.1) is 24.4 Å². The molecule has 0 aromatic heterocycles. The van der Waals surface area contributed by atoms with Gasteiger partial charge in [-0.25, -0.2) is 9.59 Å². The van der Waals surface area contributed by atoms with Gasteiger partial charge in [-0.1, -0.05) is 51.4 Å². The molecule has 2 fully saturated rings. The van der Waals surface area contributed by atoms with E-state index in [1.54, 1.807) is 0 Å². The smallest absolute Gasteiger partial charge is 0.334 e. The van der Waals surface area contributed by atoms with E-state index >= 15 is 0 Å². The average Bonchev–Trinajstić information content (AvgIpc) is 3.05. The quantitative estimate of drug-likeness (QED) is 0.362. The number of hydrogen-bond donors (Lipinski definition) is 0. The summed E-state index contributed by atoms with van der Waals surface area (Å²) in [5.41, 5.74) is 1.30. The van der Waals surface area contributed by atoms with Gasteiger partial charge in [-0.2, -0.15) is 0 Å². The van der Waals surface area contributed by atoms with Crippen LogP contribution in [0.2, 0.25) is 0 Å². The van der Waals surface area contributed by atoms with Gasteiger partial charge < -0.3 is 9.47 Å². The topological polar surface area (TPSA) is 52.6 Å². The van der Waals surface area contributed by atoms with Crippen molar-refractivity contribution in [3.05, 3.63) is 11.1 Å². The van der Waals surface area contributed by atoms with Gasteiger partial charge in [-0.05, 0) is 51.4 Å². The molecule has 148 valence electrons. The molecular formula is C22H36O4. The molecular weight excluding hydrogens is 328 g/mol. The molecule has 0 N–H and O–H groups in total. The van der Waals surface area contributed by atoms with Gasteiger partial charge in [-0.15, -0.1) is 0 Å². The second kappa shape index (κ2) is 11.4. The molecule has 0 radical (unpaired) electrons. The summed E-state index contributed by atoms with van der Waals surface area (Å²) in [4.78, 5) is 25.9. The van der Waals surface area contributed by atoms with Crippen LogP contribution in [0.3, 0.4) is 0 Å². The highest BCUT2D eigenvalue weighted by molar-refractivity contribution is 6.01. The number of rotatable bonds is 6. The van der Waals surface area contributed by atoms with Crippen LogP contribution < -0.4 is 0 Å². The first-order chi connectivity index (χ1) is 12.7. The molecule has 2 aliphatic carbocycles. The van der Waals surface area contributed by atoms with E-state index in [9.17, 15) is 9.59 Å². The lowest BCUT2D eigenvalue weighted by atomic mass is 9.81. The number of hydrogen-bond acceptors (Lipinski definition) is 4. The van der Waals surface area contributed by atoms with Crippen molar-refractivity contribution >= 4 is 11.9 Å². The zero-order valence-corrected chi connectivity index (χ0v) is 16.7. The fourth-order valence-electron chi connectivity index (χ4n) is 4.55. The molecule has 0 aromatic rings. The van der Waals surface area contributed by atoms with Crippen molar-refractivity contribution in [2.75, 3.05) is 13.2 Å². The highest BCUT2D eigenvalue weighted by atomic mass is 16.5. The van der Waals surface area contributed by atoms with E-state index in [4.69, 9.17) is 9.47 Å². The van der Waals surface area contributed by atoms with Gasteiger partial charge in [-0.3, -0.25) is 0 Å². The van der Waals surface area contributed by atoms with Gasteiger partial charge in [0.15, 0.2) is 0 Å². The second-order valence-electron chi connectivity index (χ2n) is 7.65. The summed E-state index contributed by atoms with van der Waals surface area (Å²) in [7, 11) is 0. The van der Waals surface area contributed by atoms with Gasteiger partial charge >= 0.3 is 11.9 Å². The summed E-state index contributed by atoms with van der Waals surface area (Å²) in [6.07, 6.45) is 13.2. The predicted octanol–water partition coefficient (Wildman–Crippen LogP) is 5.35. The van der Waals surface area contributed by atoms with Crippen LogP contribution in [0, 0.1) is 11.8 Å². The molecule has 0 amide bonds. The fourth-order valence-corrected chi connectivity index (χ4v) is 4.55. The van der Waals surface area contributed by atoms with Crippen LogP contribution in [-0.4, -0.2) is 25.2 Å². The van der Waals surface area contributed by atoms with Crippen LogP contribution in [0.25, 0.3) is 0 Å². The molecule has 26 heavy (non-hydrogen) atoms. The Hall–Kier alpha value is -1.32. The highest BCUT2D eigenvalue weighted by Crippen LogP contribution is 2.37. The minimum absolute atomic E-state index is 0.138. The van der Waals surface area contributed by atoms with Crippen LogP contribution in [0.1, 0.15) is 90.9 Å². The van der Waals surface area contributed by atoms with Crippen LogP contribution in [0.15, 0.2) is 11.1 Å². The summed E-state index contributed by atoms with van der Waals surface area (Å²) in [6.45, 7) is 4.35. The van der Waals surface area contributed by atoms with E-state index in [0.29, 0.717) is 24.4 Å². The molecule has 0 heterocycles. The van der Waals surface area contributed by atoms with Crippen LogP contribution in [0.4, 0.5) is 0 Å². The third-order valence-electron chi connectivity index (χ3n) is 5.81. The molecule has 0 bridgehead atoms. The number of carbonyl (C=O) groups is 2. The summed E-state index contributed by atoms with van der Waals surface area (Å²) in [5, 5.41) is 0. The fraction of sp³-hybridized carbons (Fsp3) is 0.818. The Balaban J connectivity index is 2.46. The van der Waals surface area contributed by atoms with Gasteiger partial charge in [0.2, 0.25) is 0 Å². The monoisotopic (exact) mass is 364 g/mol. The zero-order chi connectivity index (χ0) is 18.8. The van der Waals surface area contributed by atoms with Gasteiger partial charge in [0.1, 0.15) is 0 Å². The first-order valence-corrected chi connectivity index (χ1v) is 10.8. The Kier molecular flexibility index (Phi) is 9.21. The van der Waals surface area contributed by atoms with Crippen molar-refractivity contribution in [2.45, 2.75) is 90.9 Å². The molecule has 0 aliphatic heterocycles. The largest absolute Gasteiger partial charge is 0.463 e. The number of ether oxygens (including phenoxy) is 2. The van der Waals surface area contributed by atoms with Crippen molar-refractivity contribution in [3.63, 3.8) is 0 Å². The first-order valence-electron chi connectivity index (χ1n) is 10.8. The van der Waals surface area contributed by atoms with Crippen molar-refractivity contribution in [1.82, 2.24) is 0 Å². The van der Waals surface area contributed by atoms with E-state index < -0.39 is 0 Å². The van der Waals surface area contributed by atoms with Crippen LogP contribution in [0.5, 0.6) is 0 Å². The van der Waals surface area contributed by atoms with Crippen molar-refractivity contribution in [1.29, 1.82) is 0 Å².